The van der Waals surface area contributed by atoms with Gasteiger partial charge in [-0.05, 0) is 24.6 Å². The van der Waals surface area contributed by atoms with Crippen molar-refractivity contribution in [3.8, 4) is 5.88 Å². The lowest BCUT2D eigenvalue weighted by Crippen LogP contribution is -2.46. The maximum absolute atomic E-state index is 12.0. The zero-order chi connectivity index (χ0) is 17.4. The standard InChI is InChI=1S/C17H20N4O3/c1-12(20-17(23)21-14-6-4-3-5-7-14)16(22)19-11-13-8-9-15(24-2)18-10-13/h3-10,12H,11H2,1-2H3,(H,19,22)(H2,20,21,23). The Balaban J connectivity index is 1.77. The van der Waals surface area contributed by atoms with Crippen LogP contribution >= 0.6 is 0 Å². The number of rotatable bonds is 6. The summed E-state index contributed by atoms with van der Waals surface area (Å²) in [6, 6.07) is 11.4. The van der Waals surface area contributed by atoms with Gasteiger partial charge in [0.25, 0.3) is 0 Å². The molecular formula is C17H20N4O3. The Morgan fingerprint density at radius 1 is 1.17 bits per heavy atom. The number of urea groups is 1. The molecule has 2 aromatic rings. The van der Waals surface area contributed by atoms with Crippen LogP contribution in [0.25, 0.3) is 0 Å². The first-order valence-corrected chi connectivity index (χ1v) is 7.47. The van der Waals surface area contributed by atoms with Crippen molar-refractivity contribution < 1.29 is 14.3 Å². The number of hydrogen-bond donors (Lipinski definition) is 3. The molecule has 7 heteroatoms. The monoisotopic (exact) mass is 328 g/mol. The van der Waals surface area contributed by atoms with Crippen LogP contribution in [0.2, 0.25) is 0 Å². The van der Waals surface area contributed by atoms with Gasteiger partial charge in [0.05, 0.1) is 7.11 Å². The van der Waals surface area contributed by atoms with Crippen LogP contribution in [0.4, 0.5) is 10.5 Å². The van der Waals surface area contributed by atoms with Gasteiger partial charge in [-0.25, -0.2) is 9.78 Å². The zero-order valence-corrected chi connectivity index (χ0v) is 13.6. The number of hydrogen-bond acceptors (Lipinski definition) is 4. The summed E-state index contributed by atoms with van der Waals surface area (Å²) < 4.78 is 4.97. The number of aromatic nitrogens is 1. The van der Waals surface area contributed by atoms with E-state index in [4.69, 9.17) is 4.74 Å². The number of nitrogens with one attached hydrogen (secondary N) is 3. The van der Waals surface area contributed by atoms with E-state index >= 15 is 0 Å². The van der Waals surface area contributed by atoms with Gasteiger partial charge >= 0.3 is 6.03 Å². The molecule has 0 aliphatic carbocycles. The van der Waals surface area contributed by atoms with Gasteiger partial charge in [-0.1, -0.05) is 24.3 Å². The molecule has 1 heterocycles. The first-order valence-electron chi connectivity index (χ1n) is 7.47. The number of ether oxygens (including phenoxy) is 1. The van der Waals surface area contributed by atoms with Crippen LogP contribution in [-0.4, -0.2) is 30.1 Å². The van der Waals surface area contributed by atoms with Gasteiger partial charge in [0.1, 0.15) is 6.04 Å². The van der Waals surface area contributed by atoms with E-state index in [-0.39, 0.29) is 5.91 Å². The molecule has 3 amide bonds. The molecule has 0 radical (unpaired) electrons. The normalized spacial score (nSPS) is 11.2. The summed E-state index contributed by atoms with van der Waals surface area (Å²) in [5, 5.41) is 7.99. The minimum absolute atomic E-state index is 0.283. The third kappa shape index (κ3) is 5.28. The number of amides is 3. The third-order valence-corrected chi connectivity index (χ3v) is 3.25. The van der Waals surface area contributed by atoms with E-state index in [1.807, 2.05) is 24.3 Å². The maximum Gasteiger partial charge on any atom is 0.319 e. The molecule has 2 rings (SSSR count). The molecule has 0 aliphatic heterocycles. The molecule has 0 fully saturated rings. The zero-order valence-electron chi connectivity index (χ0n) is 13.6. The number of benzene rings is 1. The van der Waals surface area contributed by atoms with Gasteiger partial charge in [0, 0.05) is 24.5 Å². The molecule has 1 atom stereocenters. The Morgan fingerprint density at radius 2 is 1.92 bits per heavy atom. The van der Waals surface area contributed by atoms with Crippen LogP contribution < -0.4 is 20.7 Å². The van der Waals surface area contributed by atoms with Crippen LogP contribution in [0, 0.1) is 0 Å². The van der Waals surface area contributed by atoms with Crippen LogP contribution in [0.3, 0.4) is 0 Å². The molecule has 1 aromatic heterocycles. The third-order valence-electron chi connectivity index (χ3n) is 3.25. The summed E-state index contributed by atoms with van der Waals surface area (Å²) in [5.41, 5.74) is 1.50. The van der Waals surface area contributed by atoms with Gasteiger partial charge in [-0.2, -0.15) is 0 Å². The molecule has 3 N–H and O–H groups in total. The molecule has 0 spiro atoms. The van der Waals surface area contributed by atoms with Crippen LogP contribution in [0.5, 0.6) is 5.88 Å². The molecule has 24 heavy (non-hydrogen) atoms. The van der Waals surface area contributed by atoms with Crippen molar-refractivity contribution in [3.63, 3.8) is 0 Å². The van der Waals surface area contributed by atoms with E-state index in [0.29, 0.717) is 18.1 Å². The number of carbonyl (C=O) groups excluding carboxylic acids is 2. The van der Waals surface area contributed by atoms with E-state index in [1.54, 1.807) is 31.3 Å². The second kappa shape index (κ2) is 8.52. The Morgan fingerprint density at radius 3 is 2.54 bits per heavy atom. The number of anilines is 1. The highest BCUT2D eigenvalue weighted by Gasteiger charge is 2.15. The van der Waals surface area contributed by atoms with Gasteiger partial charge in [0.15, 0.2) is 0 Å². The van der Waals surface area contributed by atoms with Crippen molar-refractivity contribution in [2.75, 3.05) is 12.4 Å². The topological polar surface area (TPSA) is 92.4 Å². The molecule has 1 aromatic carbocycles. The lowest BCUT2D eigenvalue weighted by Gasteiger charge is -2.15. The molecular weight excluding hydrogens is 308 g/mol. The summed E-state index contributed by atoms with van der Waals surface area (Å²) in [5.74, 6) is 0.228. The second-order valence-electron chi connectivity index (χ2n) is 5.11. The summed E-state index contributed by atoms with van der Waals surface area (Å²) >= 11 is 0. The van der Waals surface area contributed by atoms with Crippen LogP contribution in [-0.2, 0) is 11.3 Å². The van der Waals surface area contributed by atoms with Crippen molar-refractivity contribution in [1.82, 2.24) is 15.6 Å². The van der Waals surface area contributed by atoms with Gasteiger partial charge in [-0.3, -0.25) is 4.79 Å². The first kappa shape index (κ1) is 17.3. The number of pyridine rings is 1. The highest BCUT2D eigenvalue weighted by molar-refractivity contribution is 5.93. The summed E-state index contributed by atoms with van der Waals surface area (Å²) in [7, 11) is 1.54. The predicted octanol–water partition coefficient (Wildman–Crippen LogP) is 1.92. The second-order valence-corrected chi connectivity index (χ2v) is 5.11. The maximum atomic E-state index is 12.0. The number of carbonyl (C=O) groups is 2. The fourth-order valence-corrected chi connectivity index (χ4v) is 1.93. The molecule has 0 saturated heterocycles. The predicted molar refractivity (Wildman–Crippen MR) is 90.7 cm³/mol. The quantitative estimate of drug-likeness (QED) is 0.755. The minimum Gasteiger partial charge on any atom is -0.481 e. The van der Waals surface area contributed by atoms with Crippen molar-refractivity contribution in [3.05, 3.63) is 54.2 Å². The van der Waals surface area contributed by atoms with Gasteiger partial charge in [-0.15, -0.1) is 0 Å². The molecule has 0 aliphatic rings. The van der Waals surface area contributed by atoms with Crippen LogP contribution in [0.15, 0.2) is 48.7 Å². The lowest BCUT2D eigenvalue weighted by molar-refractivity contribution is -0.122. The highest BCUT2D eigenvalue weighted by Crippen LogP contribution is 2.06. The SMILES string of the molecule is COc1ccc(CNC(=O)C(C)NC(=O)Nc2ccccc2)cn1. The lowest BCUT2D eigenvalue weighted by atomic mass is 10.2. The van der Waals surface area contributed by atoms with E-state index in [1.165, 1.54) is 7.11 Å². The number of para-hydroxylation sites is 1. The Bertz CT molecular complexity index is 674. The summed E-state index contributed by atoms with van der Waals surface area (Å²) in [6.45, 7) is 1.94. The summed E-state index contributed by atoms with van der Waals surface area (Å²) in [6.07, 6.45) is 1.62. The fourth-order valence-electron chi connectivity index (χ4n) is 1.93. The molecule has 0 saturated carbocycles. The van der Waals surface area contributed by atoms with Crippen molar-refractivity contribution in [1.29, 1.82) is 0 Å². The summed E-state index contributed by atoms with van der Waals surface area (Å²) in [4.78, 5) is 27.9. The molecule has 0 bridgehead atoms. The van der Waals surface area contributed by atoms with Crippen molar-refractivity contribution >= 4 is 17.6 Å². The van der Waals surface area contributed by atoms with E-state index in [2.05, 4.69) is 20.9 Å². The molecule has 1 unspecified atom stereocenters. The number of methoxy groups -OCH3 is 1. The first-order chi connectivity index (χ1) is 11.6. The Labute approximate surface area is 140 Å². The highest BCUT2D eigenvalue weighted by atomic mass is 16.5. The average molecular weight is 328 g/mol. The smallest absolute Gasteiger partial charge is 0.319 e. The Kier molecular flexibility index (Phi) is 6.13. The molecule has 7 nitrogen and oxygen atoms in total. The largest absolute Gasteiger partial charge is 0.481 e. The van der Waals surface area contributed by atoms with Crippen molar-refractivity contribution in [2.45, 2.75) is 19.5 Å². The fraction of sp³-hybridized carbons (Fsp3) is 0.235. The van der Waals surface area contributed by atoms with Crippen molar-refractivity contribution in [2.24, 2.45) is 0 Å². The van der Waals surface area contributed by atoms with Gasteiger partial charge < -0.3 is 20.7 Å². The average Bonchev–Trinajstić information content (AvgIpc) is 2.60. The van der Waals surface area contributed by atoms with Gasteiger partial charge in [0.2, 0.25) is 11.8 Å². The van der Waals surface area contributed by atoms with E-state index in [0.717, 1.165) is 5.56 Å². The Hall–Kier alpha value is -3.09. The van der Waals surface area contributed by atoms with E-state index in [9.17, 15) is 9.59 Å². The minimum atomic E-state index is -0.667. The van der Waals surface area contributed by atoms with E-state index < -0.39 is 12.1 Å². The van der Waals surface area contributed by atoms with Crippen LogP contribution in [0.1, 0.15) is 12.5 Å². The number of nitrogens with zero attached hydrogens (tertiary/aromatic N) is 1. The molecule has 126 valence electrons.